The number of halogens is 3. The second-order valence-electron chi connectivity index (χ2n) is 6.32. The zero-order valence-corrected chi connectivity index (χ0v) is 17.1. The summed E-state index contributed by atoms with van der Waals surface area (Å²) in [4.78, 5) is 4.94. The van der Waals surface area contributed by atoms with Crippen molar-refractivity contribution in [2.45, 2.75) is 12.8 Å². The number of piperazine rings is 1. The highest BCUT2D eigenvalue weighted by Crippen LogP contribution is 2.21. The normalized spacial score (nSPS) is 14.8. The maximum Gasteiger partial charge on any atom is 0.119 e. The highest BCUT2D eigenvalue weighted by Gasteiger charge is 2.16. The fourth-order valence-electron chi connectivity index (χ4n) is 3.06. The maximum atomic E-state index is 6.09. The van der Waals surface area contributed by atoms with Crippen LogP contribution in [0.4, 0.5) is 5.69 Å². The molecule has 1 heterocycles. The van der Waals surface area contributed by atoms with Crippen LogP contribution in [0.25, 0.3) is 0 Å². The second-order valence-corrected chi connectivity index (χ2v) is 7.19. The summed E-state index contributed by atoms with van der Waals surface area (Å²) in [7, 11) is 0. The second kappa shape index (κ2) is 10.9. The molecule has 0 spiro atoms. The van der Waals surface area contributed by atoms with E-state index in [0.717, 1.165) is 68.0 Å². The van der Waals surface area contributed by atoms with Gasteiger partial charge in [0.05, 0.1) is 6.61 Å². The van der Waals surface area contributed by atoms with Gasteiger partial charge in [-0.25, -0.2) is 0 Å². The van der Waals surface area contributed by atoms with Crippen LogP contribution >= 0.6 is 35.6 Å². The van der Waals surface area contributed by atoms with Gasteiger partial charge in [-0.3, -0.25) is 4.90 Å². The van der Waals surface area contributed by atoms with Crippen LogP contribution in [0.2, 0.25) is 10.0 Å². The summed E-state index contributed by atoms with van der Waals surface area (Å²) in [6.45, 7) is 6.20. The van der Waals surface area contributed by atoms with Crippen LogP contribution in [-0.4, -0.2) is 44.2 Å². The van der Waals surface area contributed by atoms with Crippen molar-refractivity contribution in [2.24, 2.45) is 0 Å². The fraction of sp³-hybridized carbons (Fsp3) is 0.400. The number of anilines is 1. The zero-order chi connectivity index (χ0) is 17.5. The lowest BCUT2D eigenvalue weighted by Gasteiger charge is -2.36. The summed E-state index contributed by atoms with van der Waals surface area (Å²) in [6, 6.07) is 15.7. The van der Waals surface area contributed by atoms with E-state index in [4.69, 9.17) is 27.9 Å². The number of rotatable bonds is 7. The van der Waals surface area contributed by atoms with Crippen molar-refractivity contribution < 1.29 is 4.74 Å². The molecule has 142 valence electrons. The van der Waals surface area contributed by atoms with Crippen molar-refractivity contribution in [1.82, 2.24) is 4.90 Å². The average Bonchev–Trinajstić information content (AvgIpc) is 2.63. The molecule has 6 heteroatoms. The molecule has 0 atom stereocenters. The first-order chi connectivity index (χ1) is 12.2. The van der Waals surface area contributed by atoms with E-state index >= 15 is 0 Å². The quantitative estimate of drug-likeness (QED) is 0.563. The van der Waals surface area contributed by atoms with Gasteiger partial charge in [-0.1, -0.05) is 29.3 Å². The van der Waals surface area contributed by atoms with Gasteiger partial charge in [0.15, 0.2) is 0 Å². The molecule has 0 N–H and O–H groups in total. The van der Waals surface area contributed by atoms with Crippen molar-refractivity contribution in [3.63, 3.8) is 0 Å². The summed E-state index contributed by atoms with van der Waals surface area (Å²) in [5.41, 5.74) is 1.23. The Morgan fingerprint density at radius 1 is 0.846 bits per heavy atom. The first kappa shape index (κ1) is 21.2. The molecule has 1 fully saturated rings. The number of ether oxygens (including phenoxy) is 1. The highest BCUT2D eigenvalue weighted by atomic mass is 35.5. The van der Waals surface area contributed by atoms with Crippen molar-refractivity contribution in [3.05, 3.63) is 58.6 Å². The molecule has 0 radical (unpaired) electrons. The van der Waals surface area contributed by atoms with Gasteiger partial charge in [-0.2, -0.15) is 0 Å². The number of unbranched alkanes of at least 4 members (excludes halogenated alkanes) is 1. The Hall–Kier alpha value is -1.13. The molecular weight excluding hydrogens is 391 g/mol. The van der Waals surface area contributed by atoms with E-state index in [2.05, 4.69) is 15.9 Å². The first-order valence-electron chi connectivity index (χ1n) is 8.82. The van der Waals surface area contributed by atoms with Gasteiger partial charge in [0.2, 0.25) is 0 Å². The lowest BCUT2D eigenvalue weighted by Crippen LogP contribution is -2.46. The molecule has 0 saturated carbocycles. The van der Waals surface area contributed by atoms with E-state index < -0.39 is 0 Å². The molecular formula is C20H25Cl3N2O. The minimum absolute atomic E-state index is 0. The maximum absolute atomic E-state index is 6.09. The summed E-state index contributed by atoms with van der Waals surface area (Å²) in [5, 5.41) is 1.55. The number of hydrogen-bond acceptors (Lipinski definition) is 3. The number of benzene rings is 2. The molecule has 0 bridgehead atoms. The Kier molecular flexibility index (Phi) is 8.86. The molecule has 1 aliphatic heterocycles. The molecule has 0 amide bonds. The third-order valence-corrected chi connectivity index (χ3v) is 4.98. The van der Waals surface area contributed by atoms with Gasteiger partial charge >= 0.3 is 0 Å². The molecule has 0 aliphatic carbocycles. The van der Waals surface area contributed by atoms with Gasteiger partial charge in [-0.05, 0) is 61.9 Å². The molecule has 3 nitrogen and oxygen atoms in total. The van der Waals surface area contributed by atoms with Crippen molar-refractivity contribution in [3.8, 4) is 5.75 Å². The summed E-state index contributed by atoms with van der Waals surface area (Å²) in [5.74, 6) is 0.888. The van der Waals surface area contributed by atoms with Crippen LogP contribution in [0.15, 0.2) is 48.5 Å². The molecule has 2 aromatic carbocycles. The summed E-state index contributed by atoms with van der Waals surface area (Å²) < 4.78 is 5.74. The monoisotopic (exact) mass is 414 g/mol. The van der Waals surface area contributed by atoms with Crippen LogP contribution in [-0.2, 0) is 0 Å². The van der Waals surface area contributed by atoms with Crippen molar-refractivity contribution in [2.75, 3.05) is 44.2 Å². The van der Waals surface area contributed by atoms with E-state index in [1.807, 2.05) is 42.5 Å². The van der Waals surface area contributed by atoms with E-state index in [-0.39, 0.29) is 12.4 Å². The molecule has 1 aliphatic rings. The molecule has 1 saturated heterocycles. The lowest BCUT2D eigenvalue weighted by molar-refractivity contribution is 0.238. The largest absolute Gasteiger partial charge is 0.494 e. The zero-order valence-electron chi connectivity index (χ0n) is 14.7. The summed E-state index contributed by atoms with van der Waals surface area (Å²) in [6.07, 6.45) is 2.22. The van der Waals surface area contributed by atoms with Gasteiger partial charge in [0, 0.05) is 41.9 Å². The van der Waals surface area contributed by atoms with Crippen molar-refractivity contribution >= 4 is 41.3 Å². The highest BCUT2D eigenvalue weighted by molar-refractivity contribution is 6.31. The SMILES string of the molecule is Cl.Clc1ccc(OCCCCN2CCN(c3cccc(Cl)c3)CC2)cc1. The summed E-state index contributed by atoms with van der Waals surface area (Å²) >= 11 is 12.0. The first-order valence-corrected chi connectivity index (χ1v) is 9.57. The van der Waals surface area contributed by atoms with Crippen LogP contribution in [0.3, 0.4) is 0 Å². The van der Waals surface area contributed by atoms with Gasteiger partial charge in [0.25, 0.3) is 0 Å². The number of hydrogen-bond donors (Lipinski definition) is 0. The number of nitrogens with zero attached hydrogens (tertiary/aromatic N) is 2. The lowest BCUT2D eigenvalue weighted by atomic mass is 10.2. The molecule has 26 heavy (non-hydrogen) atoms. The Labute approximate surface area is 172 Å². The van der Waals surface area contributed by atoms with Crippen LogP contribution in [0.1, 0.15) is 12.8 Å². The van der Waals surface area contributed by atoms with Crippen molar-refractivity contribution in [1.29, 1.82) is 0 Å². The van der Waals surface area contributed by atoms with Gasteiger partial charge < -0.3 is 9.64 Å². The van der Waals surface area contributed by atoms with Gasteiger partial charge in [0.1, 0.15) is 5.75 Å². The third kappa shape index (κ3) is 6.55. The molecule has 0 aromatic heterocycles. The minimum Gasteiger partial charge on any atom is -0.494 e. The van der Waals surface area contributed by atoms with E-state index in [0.29, 0.717) is 0 Å². The molecule has 3 rings (SSSR count). The predicted octanol–water partition coefficient (Wildman–Crippen LogP) is 5.40. The average molecular weight is 416 g/mol. The van der Waals surface area contributed by atoms with E-state index in [1.54, 1.807) is 0 Å². The van der Waals surface area contributed by atoms with E-state index in [1.165, 1.54) is 5.69 Å². The molecule has 0 unspecified atom stereocenters. The topological polar surface area (TPSA) is 15.7 Å². The van der Waals surface area contributed by atoms with E-state index in [9.17, 15) is 0 Å². The third-order valence-electron chi connectivity index (χ3n) is 4.50. The van der Waals surface area contributed by atoms with Crippen LogP contribution in [0, 0.1) is 0 Å². The fourth-order valence-corrected chi connectivity index (χ4v) is 3.37. The minimum atomic E-state index is 0. The standard InChI is InChI=1S/C20H24Cl2N2O.ClH/c21-17-6-8-20(9-7-17)25-15-2-1-10-23-11-13-24(14-12-23)19-5-3-4-18(22)16-19;/h3-9,16H,1-2,10-15H2;1H. The van der Waals surface area contributed by atoms with Crippen LogP contribution in [0.5, 0.6) is 5.75 Å². The Bertz CT molecular complexity index is 658. The Morgan fingerprint density at radius 2 is 1.58 bits per heavy atom. The smallest absolute Gasteiger partial charge is 0.119 e. The Balaban J connectivity index is 0.00000243. The van der Waals surface area contributed by atoms with Crippen LogP contribution < -0.4 is 9.64 Å². The molecule has 2 aromatic rings. The van der Waals surface area contributed by atoms with Gasteiger partial charge in [-0.15, -0.1) is 12.4 Å². The Morgan fingerprint density at radius 3 is 2.27 bits per heavy atom. The predicted molar refractivity (Wildman–Crippen MR) is 114 cm³/mol.